The van der Waals surface area contributed by atoms with Crippen LogP contribution in [0, 0.1) is 33.4 Å². The second kappa shape index (κ2) is 16.5. The molecule has 0 fully saturated rings. The number of hydrogen-bond acceptors (Lipinski definition) is 7. The van der Waals surface area contributed by atoms with Crippen molar-refractivity contribution in [3.63, 3.8) is 0 Å². The Balaban J connectivity index is 1.82. The maximum Gasteiger partial charge on any atom is 0.341 e. The van der Waals surface area contributed by atoms with Crippen LogP contribution in [-0.2, 0) is 22.3 Å². The summed E-state index contributed by atoms with van der Waals surface area (Å²) in [5, 5.41) is 17.4. The zero-order valence-corrected chi connectivity index (χ0v) is 27.8. The fourth-order valence-corrected chi connectivity index (χ4v) is 6.11. The van der Waals surface area contributed by atoms with Crippen LogP contribution in [0.5, 0.6) is 17.2 Å². The molecule has 0 bridgehead atoms. The van der Waals surface area contributed by atoms with Crippen LogP contribution in [0.3, 0.4) is 0 Å². The van der Waals surface area contributed by atoms with Gasteiger partial charge in [0.25, 0.3) is 5.91 Å². The summed E-state index contributed by atoms with van der Waals surface area (Å²) in [6.45, 7) is -1.46. The number of halogens is 6. The Morgan fingerprint density at radius 2 is 1.51 bits per heavy atom. The first kappa shape index (κ1) is 36.4. The highest BCUT2D eigenvalue weighted by atomic mass is 79.9. The number of rotatable bonds is 16. The monoisotopic (exact) mass is 784 g/mol. The van der Waals surface area contributed by atoms with Gasteiger partial charge in [-0.15, -0.1) is 0 Å². The quantitative estimate of drug-likeness (QED) is 0.0401. The van der Waals surface area contributed by atoms with E-state index in [9.17, 15) is 37.0 Å². The number of carbonyl (C=O) groups is 1. The van der Waals surface area contributed by atoms with Crippen molar-refractivity contribution in [1.82, 2.24) is 15.1 Å². The molecule has 0 atom stereocenters. The highest BCUT2D eigenvalue weighted by Gasteiger charge is 2.30. The minimum Gasteiger partial charge on any atom is -0.483 e. The van der Waals surface area contributed by atoms with Crippen molar-refractivity contribution in [1.29, 1.82) is 0 Å². The van der Waals surface area contributed by atoms with E-state index in [0.717, 1.165) is 12.1 Å². The molecule has 0 saturated carbocycles. The Hall–Kier alpha value is -3.08. The topological polar surface area (TPSA) is 132 Å². The lowest BCUT2D eigenvalue weighted by Crippen LogP contribution is -2.27. The molecule has 3 aromatic carbocycles. The highest BCUT2D eigenvalue weighted by molar-refractivity contribution is 9.09. The fraction of sp³-hybridized carbons (Fsp3) is 0.296. The van der Waals surface area contributed by atoms with Gasteiger partial charge >= 0.3 is 13.4 Å². The van der Waals surface area contributed by atoms with Crippen molar-refractivity contribution in [2.45, 2.75) is 13.2 Å². The number of nitro benzene ring substituents is 1. The number of hydrogen-bond donors (Lipinski definition) is 2. The third kappa shape index (κ3) is 9.47. The first-order valence-corrected chi connectivity index (χ1v) is 16.8. The predicted molar refractivity (Wildman–Crippen MR) is 164 cm³/mol. The fourth-order valence-electron chi connectivity index (χ4n) is 3.68. The molecule has 3 aromatic rings. The van der Waals surface area contributed by atoms with E-state index < -0.39 is 66.1 Å². The molecular formula is C27H27Br2F4N4O7P. The molecule has 0 aromatic heterocycles. The molecule has 0 saturated heterocycles. The second-order valence-electron chi connectivity index (χ2n) is 9.26. The van der Waals surface area contributed by atoms with E-state index in [2.05, 4.69) is 42.0 Å². The highest BCUT2D eigenvalue weighted by Crippen LogP contribution is 2.40. The summed E-state index contributed by atoms with van der Waals surface area (Å²) in [5.74, 6) is -9.16. The van der Waals surface area contributed by atoms with E-state index in [1.165, 1.54) is 35.2 Å². The molecule has 0 spiro atoms. The van der Waals surface area contributed by atoms with E-state index in [4.69, 9.17) is 14.0 Å². The van der Waals surface area contributed by atoms with Crippen LogP contribution in [0.2, 0.25) is 0 Å². The molecule has 0 heterocycles. The van der Waals surface area contributed by atoms with Gasteiger partial charge in [0.15, 0.2) is 17.4 Å². The summed E-state index contributed by atoms with van der Waals surface area (Å²) in [7, 11) is -0.707. The van der Waals surface area contributed by atoms with Gasteiger partial charge in [0, 0.05) is 49.5 Å². The minimum atomic E-state index is -3.85. The number of ether oxygens (including phenoxy) is 2. The molecule has 0 aliphatic heterocycles. The Labute approximate surface area is 272 Å². The van der Waals surface area contributed by atoms with Crippen LogP contribution in [-0.4, -0.2) is 53.6 Å². The number of alkyl halides is 2. The number of amides is 1. The maximum absolute atomic E-state index is 14.9. The van der Waals surface area contributed by atoms with Crippen LogP contribution >= 0.6 is 39.5 Å². The maximum atomic E-state index is 14.9. The smallest absolute Gasteiger partial charge is 0.341 e. The van der Waals surface area contributed by atoms with E-state index in [-0.39, 0.29) is 36.1 Å². The molecule has 1 amide bonds. The lowest BCUT2D eigenvalue weighted by Gasteiger charge is -2.20. The number of nitro groups is 1. The third-order valence-corrected chi connectivity index (χ3v) is 8.44. The molecule has 0 aliphatic carbocycles. The molecule has 18 heteroatoms. The summed E-state index contributed by atoms with van der Waals surface area (Å²) < 4.78 is 88.2. The Morgan fingerprint density at radius 1 is 0.933 bits per heavy atom. The van der Waals surface area contributed by atoms with Gasteiger partial charge in [-0.2, -0.15) is 8.78 Å². The van der Waals surface area contributed by atoms with Crippen molar-refractivity contribution in [3.05, 3.63) is 92.5 Å². The van der Waals surface area contributed by atoms with Gasteiger partial charge in [-0.3, -0.25) is 19.5 Å². The van der Waals surface area contributed by atoms with Crippen molar-refractivity contribution in [3.8, 4) is 17.2 Å². The molecule has 45 heavy (non-hydrogen) atoms. The molecule has 244 valence electrons. The summed E-state index contributed by atoms with van der Waals surface area (Å²) in [5.41, 5.74) is -1.17. The molecule has 0 aliphatic rings. The average Bonchev–Trinajstić information content (AvgIpc) is 3.02. The Morgan fingerprint density at radius 3 is 2.02 bits per heavy atom. The lowest BCUT2D eigenvalue weighted by atomic mass is 10.1. The number of nitrogens with zero attached hydrogens (tertiary/aromatic N) is 2. The van der Waals surface area contributed by atoms with Crippen LogP contribution < -0.4 is 19.6 Å². The predicted octanol–water partition coefficient (Wildman–Crippen LogP) is 6.82. The Kier molecular flexibility index (Phi) is 13.3. The van der Waals surface area contributed by atoms with Gasteiger partial charge < -0.3 is 18.9 Å². The molecule has 0 unspecified atom stereocenters. The zero-order chi connectivity index (χ0) is 33.3. The molecular weight excluding hydrogens is 759 g/mol. The zero-order valence-electron chi connectivity index (χ0n) is 23.8. The van der Waals surface area contributed by atoms with E-state index in [1.54, 1.807) is 14.1 Å². The van der Waals surface area contributed by atoms with Crippen molar-refractivity contribution in [2.75, 3.05) is 37.8 Å². The van der Waals surface area contributed by atoms with Crippen LogP contribution in [0.25, 0.3) is 0 Å². The normalized spacial score (nSPS) is 11.4. The van der Waals surface area contributed by atoms with Crippen molar-refractivity contribution < 1.29 is 45.8 Å². The summed E-state index contributed by atoms with van der Waals surface area (Å²) in [6.07, 6.45) is 0. The van der Waals surface area contributed by atoms with Gasteiger partial charge in [0.05, 0.1) is 17.1 Å². The number of carbonyl (C=O) groups excluding carboxylic acids is 1. The standard InChI is InChI=1S/C27H27Br2F4N4O7P/c1-36(2)27(38)17-4-6-18(7-5-17)44-21-13-16(3-8-20(21)37(39)40)14-42-26-24(32)22(30)19(23(31)25(26)33)15-43-45(41,34-11-9-28)35-12-10-29/h3-8,13H,9-12,14-15H2,1-2H3,(H2,34,35,41). The first-order valence-electron chi connectivity index (χ1n) is 12.9. The van der Waals surface area contributed by atoms with Crippen molar-refractivity contribution >= 4 is 51.1 Å². The SMILES string of the molecule is CN(C)C(=O)c1ccc(Oc2cc(COc3c(F)c(F)c(COP(=O)(NCCBr)NCCBr)c(F)c3F)ccc2[N+](=O)[O-])cc1. The van der Waals surface area contributed by atoms with Crippen LogP contribution in [0.15, 0.2) is 42.5 Å². The largest absolute Gasteiger partial charge is 0.483 e. The molecule has 2 N–H and O–H groups in total. The summed E-state index contributed by atoms with van der Waals surface area (Å²) >= 11 is 6.26. The first-order chi connectivity index (χ1) is 21.3. The van der Waals surface area contributed by atoms with Gasteiger partial charge in [0.1, 0.15) is 12.4 Å². The second-order valence-corrected chi connectivity index (χ2v) is 12.8. The van der Waals surface area contributed by atoms with E-state index in [0.29, 0.717) is 16.2 Å². The van der Waals surface area contributed by atoms with Crippen LogP contribution in [0.1, 0.15) is 21.5 Å². The van der Waals surface area contributed by atoms with Gasteiger partial charge in [-0.05, 0) is 42.0 Å². The minimum absolute atomic E-state index is 0.0960. The number of nitrogens with one attached hydrogen (secondary N) is 2. The summed E-state index contributed by atoms with van der Waals surface area (Å²) in [4.78, 5) is 24.3. The van der Waals surface area contributed by atoms with Gasteiger partial charge in [-0.1, -0.05) is 31.9 Å². The summed E-state index contributed by atoms with van der Waals surface area (Å²) in [6, 6.07) is 9.15. The molecule has 0 radical (unpaired) electrons. The number of benzene rings is 3. The van der Waals surface area contributed by atoms with Crippen LogP contribution in [0.4, 0.5) is 23.2 Å². The van der Waals surface area contributed by atoms with Gasteiger partial charge in [-0.25, -0.2) is 19.0 Å². The lowest BCUT2D eigenvalue weighted by molar-refractivity contribution is -0.385. The third-order valence-electron chi connectivity index (χ3n) is 5.87. The average molecular weight is 786 g/mol. The van der Waals surface area contributed by atoms with Gasteiger partial charge in [0.2, 0.25) is 17.4 Å². The van der Waals surface area contributed by atoms with E-state index in [1.807, 2.05) is 0 Å². The van der Waals surface area contributed by atoms with E-state index >= 15 is 0 Å². The van der Waals surface area contributed by atoms with Crippen molar-refractivity contribution in [2.24, 2.45) is 0 Å². The Bertz CT molecular complexity index is 1540. The molecule has 11 nitrogen and oxygen atoms in total. The molecule has 3 rings (SSSR count).